The first kappa shape index (κ1) is 20.1. The number of hydrogen-bond acceptors (Lipinski definition) is 4. The second-order valence-electron chi connectivity index (χ2n) is 6.26. The van der Waals surface area contributed by atoms with E-state index in [2.05, 4.69) is 60.1 Å². The summed E-state index contributed by atoms with van der Waals surface area (Å²) in [7, 11) is 1.54. The lowest BCUT2D eigenvalue weighted by Gasteiger charge is -2.19. The predicted octanol–water partition coefficient (Wildman–Crippen LogP) is 2.80. The van der Waals surface area contributed by atoms with Crippen LogP contribution in [-0.4, -0.2) is 32.0 Å². The van der Waals surface area contributed by atoms with Crippen LogP contribution in [0.3, 0.4) is 0 Å². The zero-order valence-corrected chi connectivity index (χ0v) is 16.4. The topological polar surface area (TPSA) is 70.2 Å². The van der Waals surface area contributed by atoms with E-state index < -0.39 is 0 Å². The number of benzene rings is 1. The molecule has 0 fully saturated rings. The first-order valence-electron chi connectivity index (χ1n) is 8.89. The number of amides is 2. The smallest absolute Gasteiger partial charge is 0.239 e. The quantitative estimate of drug-likeness (QED) is 0.633. The van der Waals surface area contributed by atoms with Crippen molar-refractivity contribution in [1.29, 1.82) is 0 Å². The monoisotopic (exact) mass is 373 g/mol. The van der Waals surface area contributed by atoms with E-state index in [4.69, 9.17) is 0 Å². The molecule has 0 saturated heterocycles. The van der Waals surface area contributed by atoms with Gasteiger partial charge in [-0.15, -0.1) is 11.3 Å². The van der Waals surface area contributed by atoms with Gasteiger partial charge in [-0.1, -0.05) is 44.2 Å². The summed E-state index contributed by atoms with van der Waals surface area (Å²) < 4.78 is 0. The van der Waals surface area contributed by atoms with Gasteiger partial charge in [0.15, 0.2) is 0 Å². The SMILES string of the molecule is CC[C@H](C)c1ccc([C@H](NCC(=O)NCC(=O)NC)c2cccs2)cc1. The highest BCUT2D eigenvalue weighted by molar-refractivity contribution is 7.10. The van der Waals surface area contributed by atoms with Gasteiger partial charge < -0.3 is 10.6 Å². The minimum absolute atomic E-state index is 0.00964. The van der Waals surface area contributed by atoms with E-state index in [-0.39, 0.29) is 30.9 Å². The van der Waals surface area contributed by atoms with Gasteiger partial charge in [0.2, 0.25) is 11.8 Å². The molecule has 2 rings (SSSR count). The standard InChI is InChI=1S/C20H27N3O2S/c1-4-14(2)15-7-9-16(10-8-15)20(17-6-5-11-26-17)23-13-19(25)22-12-18(24)21-3/h5-11,14,20,23H,4,12-13H2,1-3H3,(H,21,24)(H,22,25)/t14-,20-/m0/s1. The van der Waals surface area contributed by atoms with Crippen molar-refractivity contribution in [3.63, 3.8) is 0 Å². The van der Waals surface area contributed by atoms with Crippen LogP contribution in [0.5, 0.6) is 0 Å². The van der Waals surface area contributed by atoms with E-state index in [1.165, 1.54) is 5.56 Å². The highest BCUT2D eigenvalue weighted by Crippen LogP contribution is 2.27. The number of rotatable bonds is 9. The molecule has 2 amide bonds. The molecule has 0 bridgehead atoms. The fourth-order valence-corrected chi connectivity index (χ4v) is 3.44. The average Bonchev–Trinajstić information content (AvgIpc) is 3.20. The van der Waals surface area contributed by atoms with E-state index in [1.807, 2.05) is 11.4 Å². The summed E-state index contributed by atoms with van der Waals surface area (Å²) in [6.45, 7) is 4.55. The van der Waals surface area contributed by atoms with Gasteiger partial charge in [-0.05, 0) is 34.9 Å². The molecule has 0 unspecified atom stereocenters. The van der Waals surface area contributed by atoms with Crippen LogP contribution in [-0.2, 0) is 9.59 Å². The average molecular weight is 374 g/mol. The molecule has 1 heterocycles. The van der Waals surface area contributed by atoms with E-state index >= 15 is 0 Å². The van der Waals surface area contributed by atoms with E-state index in [1.54, 1.807) is 18.4 Å². The molecule has 0 aliphatic carbocycles. The van der Waals surface area contributed by atoms with Crippen LogP contribution in [0, 0.1) is 0 Å². The molecule has 1 aromatic carbocycles. The van der Waals surface area contributed by atoms with E-state index in [0.717, 1.165) is 16.9 Å². The molecule has 2 atom stereocenters. The van der Waals surface area contributed by atoms with Gasteiger partial charge in [0.05, 0.1) is 19.1 Å². The zero-order chi connectivity index (χ0) is 18.9. The molecule has 0 aliphatic rings. The zero-order valence-electron chi connectivity index (χ0n) is 15.5. The number of thiophene rings is 1. The highest BCUT2D eigenvalue weighted by atomic mass is 32.1. The molecule has 2 aromatic rings. The van der Waals surface area contributed by atoms with Gasteiger partial charge in [0.1, 0.15) is 0 Å². The first-order valence-corrected chi connectivity index (χ1v) is 9.77. The third kappa shape index (κ3) is 5.68. The molecule has 6 heteroatoms. The van der Waals surface area contributed by atoms with Crippen LogP contribution >= 0.6 is 11.3 Å². The maximum absolute atomic E-state index is 12.0. The van der Waals surface area contributed by atoms with Gasteiger partial charge in [0, 0.05) is 11.9 Å². The van der Waals surface area contributed by atoms with Crippen molar-refractivity contribution >= 4 is 23.2 Å². The fourth-order valence-electron chi connectivity index (χ4n) is 2.62. The molecule has 26 heavy (non-hydrogen) atoms. The fraction of sp³-hybridized carbons (Fsp3) is 0.400. The van der Waals surface area contributed by atoms with Crippen LogP contribution in [0.15, 0.2) is 41.8 Å². The van der Waals surface area contributed by atoms with Gasteiger partial charge in [0.25, 0.3) is 0 Å². The Kier molecular flexibility index (Phi) is 7.81. The predicted molar refractivity (Wildman–Crippen MR) is 106 cm³/mol. The van der Waals surface area contributed by atoms with Crippen molar-refractivity contribution in [1.82, 2.24) is 16.0 Å². The Morgan fingerprint density at radius 1 is 1.04 bits per heavy atom. The largest absolute Gasteiger partial charge is 0.358 e. The number of nitrogens with one attached hydrogen (secondary N) is 3. The van der Waals surface area contributed by atoms with Crippen molar-refractivity contribution in [3.8, 4) is 0 Å². The summed E-state index contributed by atoms with van der Waals surface area (Å²) in [6.07, 6.45) is 1.11. The van der Waals surface area contributed by atoms with Gasteiger partial charge in [-0.3, -0.25) is 14.9 Å². The third-order valence-electron chi connectivity index (χ3n) is 4.47. The van der Waals surface area contributed by atoms with Crippen LogP contribution in [0.25, 0.3) is 0 Å². The number of hydrogen-bond donors (Lipinski definition) is 3. The third-order valence-corrected chi connectivity index (χ3v) is 5.41. The van der Waals surface area contributed by atoms with Gasteiger partial charge >= 0.3 is 0 Å². The molecule has 3 N–H and O–H groups in total. The summed E-state index contributed by atoms with van der Waals surface area (Å²) in [4.78, 5) is 24.4. The van der Waals surface area contributed by atoms with Crippen LogP contribution in [0.1, 0.15) is 48.2 Å². The maximum Gasteiger partial charge on any atom is 0.239 e. The molecular weight excluding hydrogens is 346 g/mol. The van der Waals surface area contributed by atoms with Crippen LogP contribution in [0.4, 0.5) is 0 Å². The van der Waals surface area contributed by atoms with Crippen molar-refractivity contribution in [3.05, 3.63) is 57.8 Å². The van der Waals surface area contributed by atoms with Crippen LogP contribution in [0.2, 0.25) is 0 Å². The number of likely N-dealkylation sites (N-methyl/N-ethyl adjacent to an activating group) is 1. The Hall–Kier alpha value is -2.18. The van der Waals surface area contributed by atoms with E-state index in [0.29, 0.717) is 5.92 Å². The minimum atomic E-state index is -0.214. The lowest BCUT2D eigenvalue weighted by molar-refractivity contribution is -0.125. The second kappa shape index (κ2) is 10.1. The van der Waals surface area contributed by atoms with Gasteiger partial charge in [-0.2, -0.15) is 0 Å². The summed E-state index contributed by atoms with van der Waals surface area (Å²) in [5.74, 6) is 0.118. The number of carbonyl (C=O) groups is 2. The van der Waals surface area contributed by atoms with E-state index in [9.17, 15) is 9.59 Å². The Balaban J connectivity index is 2.05. The molecule has 0 saturated carbocycles. The Morgan fingerprint density at radius 3 is 2.31 bits per heavy atom. The lowest BCUT2D eigenvalue weighted by Crippen LogP contribution is -2.40. The Morgan fingerprint density at radius 2 is 1.73 bits per heavy atom. The van der Waals surface area contributed by atoms with Crippen molar-refractivity contribution in [2.45, 2.75) is 32.2 Å². The second-order valence-corrected chi connectivity index (χ2v) is 7.23. The summed E-state index contributed by atoms with van der Waals surface area (Å²) in [5.41, 5.74) is 2.45. The molecule has 1 aromatic heterocycles. The normalized spacial score (nSPS) is 13.0. The number of carbonyl (C=O) groups excluding carboxylic acids is 2. The molecule has 5 nitrogen and oxygen atoms in total. The van der Waals surface area contributed by atoms with Crippen LogP contribution < -0.4 is 16.0 Å². The molecule has 0 radical (unpaired) electrons. The van der Waals surface area contributed by atoms with Crippen molar-refractivity contribution in [2.75, 3.05) is 20.1 Å². The molecule has 0 spiro atoms. The summed E-state index contributed by atoms with van der Waals surface area (Å²) in [6, 6.07) is 12.6. The Bertz CT molecular complexity index is 698. The van der Waals surface area contributed by atoms with Crippen molar-refractivity contribution < 1.29 is 9.59 Å². The maximum atomic E-state index is 12.0. The van der Waals surface area contributed by atoms with Gasteiger partial charge in [-0.25, -0.2) is 0 Å². The summed E-state index contributed by atoms with van der Waals surface area (Å²) in [5, 5.41) is 10.4. The lowest BCUT2D eigenvalue weighted by atomic mass is 9.95. The highest BCUT2D eigenvalue weighted by Gasteiger charge is 2.17. The molecule has 140 valence electrons. The first-order chi connectivity index (χ1) is 12.5. The minimum Gasteiger partial charge on any atom is -0.358 e. The Labute approximate surface area is 159 Å². The van der Waals surface area contributed by atoms with Crippen molar-refractivity contribution in [2.24, 2.45) is 0 Å². The molecular formula is C20H27N3O2S. The molecule has 0 aliphatic heterocycles. The summed E-state index contributed by atoms with van der Waals surface area (Å²) >= 11 is 1.66.